The van der Waals surface area contributed by atoms with Gasteiger partial charge >= 0.3 is 5.97 Å². The van der Waals surface area contributed by atoms with E-state index in [1.165, 1.54) is 24.3 Å². The number of nitrogens with zero attached hydrogens (tertiary/aromatic N) is 1. The molecule has 0 unspecified atom stereocenters. The van der Waals surface area contributed by atoms with Crippen LogP contribution in [0.2, 0.25) is 0 Å². The number of carbonyl (C=O) groups is 1. The SMILES string of the molecule is O=C(O)Cc1c(O)nc(-c2ccc(F)cc2)[nH]c1=O. The molecule has 1 aromatic carbocycles. The highest BCUT2D eigenvalue weighted by molar-refractivity contribution is 5.71. The van der Waals surface area contributed by atoms with E-state index in [2.05, 4.69) is 9.97 Å². The van der Waals surface area contributed by atoms with Crippen LogP contribution in [0.15, 0.2) is 29.1 Å². The van der Waals surface area contributed by atoms with E-state index in [4.69, 9.17) is 5.11 Å². The fourth-order valence-electron chi connectivity index (χ4n) is 1.54. The second-order valence-corrected chi connectivity index (χ2v) is 3.79. The second kappa shape index (κ2) is 4.89. The van der Waals surface area contributed by atoms with Crippen LogP contribution in [0.25, 0.3) is 11.4 Å². The Morgan fingerprint density at radius 2 is 1.95 bits per heavy atom. The summed E-state index contributed by atoms with van der Waals surface area (Å²) >= 11 is 0. The van der Waals surface area contributed by atoms with E-state index in [1.807, 2.05) is 0 Å². The summed E-state index contributed by atoms with van der Waals surface area (Å²) in [6.07, 6.45) is -0.627. The first-order valence-corrected chi connectivity index (χ1v) is 5.27. The number of carboxylic acid groups (broad SMARTS) is 1. The van der Waals surface area contributed by atoms with Crippen molar-refractivity contribution in [1.82, 2.24) is 9.97 Å². The van der Waals surface area contributed by atoms with Crippen LogP contribution in [-0.4, -0.2) is 26.2 Å². The van der Waals surface area contributed by atoms with Crippen LogP contribution < -0.4 is 5.56 Å². The van der Waals surface area contributed by atoms with Crippen molar-refractivity contribution in [1.29, 1.82) is 0 Å². The van der Waals surface area contributed by atoms with E-state index in [-0.39, 0.29) is 11.4 Å². The summed E-state index contributed by atoms with van der Waals surface area (Å²) in [5, 5.41) is 18.2. The molecule has 2 rings (SSSR count). The van der Waals surface area contributed by atoms with Gasteiger partial charge in [-0.3, -0.25) is 9.59 Å². The van der Waals surface area contributed by atoms with Crippen molar-refractivity contribution < 1.29 is 19.4 Å². The molecule has 0 amide bonds. The molecule has 0 spiro atoms. The van der Waals surface area contributed by atoms with Crippen molar-refractivity contribution in [2.75, 3.05) is 0 Å². The minimum absolute atomic E-state index is 0.0386. The van der Waals surface area contributed by atoms with Gasteiger partial charge in [-0.25, -0.2) is 4.39 Å². The van der Waals surface area contributed by atoms with Gasteiger partial charge in [0.2, 0.25) is 5.88 Å². The van der Waals surface area contributed by atoms with Gasteiger partial charge in [-0.05, 0) is 24.3 Å². The molecule has 0 radical (unpaired) electrons. The Bertz CT molecular complexity index is 679. The Morgan fingerprint density at radius 3 is 2.47 bits per heavy atom. The molecule has 1 heterocycles. The Morgan fingerprint density at radius 1 is 1.32 bits per heavy atom. The summed E-state index contributed by atoms with van der Waals surface area (Å²) in [5.74, 6) is -2.31. The fourth-order valence-corrected chi connectivity index (χ4v) is 1.54. The summed E-state index contributed by atoms with van der Waals surface area (Å²) in [4.78, 5) is 28.2. The average molecular weight is 264 g/mol. The lowest BCUT2D eigenvalue weighted by atomic mass is 10.2. The highest BCUT2D eigenvalue weighted by atomic mass is 19.1. The van der Waals surface area contributed by atoms with E-state index >= 15 is 0 Å². The third-order valence-electron chi connectivity index (χ3n) is 2.44. The number of halogens is 1. The summed E-state index contributed by atoms with van der Waals surface area (Å²) in [6, 6.07) is 5.11. The number of rotatable bonds is 3. The number of hydrogen-bond donors (Lipinski definition) is 3. The van der Waals surface area contributed by atoms with Gasteiger partial charge in [0.1, 0.15) is 11.6 Å². The first-order valence-electron chi connectivity index (χ1n) is 5.27. The fraction of sp³-hybridized carbons (Fsp3) is 0.0833. The highest BCUT2D eigenvalue weighted by Gasteiger charge is 2.14. The number of aromatic amines is 1. The Hall–Kier alpha value is -2.70. The molecule has 0 fully saturated rings. The smallest absolute Gasteiger partial charge is 0.308 e. The molecule has 0 aliphatic rings. The number of aromatic nitrogens is 2. The van der Waals surface area contributed by atoms with E-state index in [0.29, 0.717) is 5.56 Å². The van der Waals surface area contributed by atoms with Crippen molar-refractivity contribution in [2.45, 2.75) is 6.42 Å². The molecular formula is C12H9FN2O4. The molecule has 2 aromatic rings. The second-order valence-electron chi connectivity index (χ2n) is 3.79. The van der Waals surface area contributed by atoms with Gasteiger partial charge in [0.15, 0.2) is 0 Å². The molecule has 6 nitrogen and oxygen atoms in total. The minimum atomic E-state index is -1.25. The summed E-state index contributed by atoms with van der Waals surface area (Å²) in [7, 11) is 0. The summed E-state index contributed by atoms with van der Waals surface area (Å²) in [6.45, 7) is 0. The quantitative estimate of drug-likeness (QED) is 0.764. The number of carboxylic acids is 1. The predicted molar refractivity (Wildman–Crippen MR) is 63.3 cm³/mol. The molecular weight excluding hydrogens is 255 g/mol. The summed E-state index contributed by atoms with van der Waals surface area (Å²) < 4.78 is 12.8. The molecule has 0 aliphatic carbocycles. The predicted octanol–water partition coefficient (Wildman–Crippen LogP) is 0.909. The average Bonchev–Trinajstić information content (AvgIpc) is 2.34. The van der Waals surface area contributed by atoms with Crippen LogP contribution in [0, 0.1) is 5.82 Å². The number of H-pyrrole nitrogens is 1. The molecule has 0 saturated heterocycles. The lowest BCUT2D eigenvalue weighted by Crippen LogP contribution is -2.18. The number of benzene rings is 1. The van der Waals surface area contributed by atoms with Crippen molar-refractivity contribution in [3.63, 3.8) is 0 Å². The van der Waals surface area contributed by atoms with Crippen LogP contribution in [0.5, 0.6) is 5.88 Å². The molecule has 19 heavy (non-hydrogen) atoms. The minimum Gasteiger partial charge on any atom is -0.493 e. The van der Waals surface area contributed by atoms with Crippen LogP contribution >= 0.6 is 0 Å². The van der Waals surface area contributed by atoms with Crippen molar-refractivity contribution in [3.8, 4) is 17.3 Å². The third-order valence-corrected chi connectivity index (χ3v) is 2.44. The maximum atomic E-state index is 12.8. The number of hydrogen-bond acceptors (Lipinski definition) is 4. The van der Waals surface area contributed by atoms with Gasteiger partial charge in [0.05, 0.1) is 12.0 Å². The molecule has 0 bridgehead atoms. The van der Waals surface area contributed by atoms with E-state index in [1.54, 1.807) is 0 Å². The number of nitrogens with one attached hydrogen (secondary N) is 1. The standard InChI is InChI=1S/C12H9FN2O4/c13-7-3-1-6(2-4-7)10-14-11(18)8(5-9(16)17)12(19)15-10/h1-4H,5H2,(H,16,17)(H2,14,15,18,19). The topological polar surface area (TPSA) is 103 Å². The van der Waals surface area contributed by atoms with Gasteiger partial charge in [-0.2, -0.15) is 4.98 Å². The first kappa shape index (κ1) is 12.7. The van der Waals surface area contributed by atoms with Gasteiger partial charge in [-0.15, -0.1) is 0 Å². The molecule has 0 atom stereocenters. The maximum Gasteiger partial charge on any atom is 0.308 e. The summed E-state index contributed by atoms with van der Waals surface area (Å²) in [5.41, 5.74) is -0.664. The molecule has 0 aliphatic heterocycles. The number of aromatic hydroxyl groups is 1. The van der Waals surface area contributed by atoms with Crippen LogP contribution in [-0.2, 0) is 11.2 Å². The molecule has 0 saturated carbocycles. The zero-order chi connectivity index (χ0) is 14.0. The Balaban J connectivity index is 2.48. The van der Waals surface area contributed by atoms with E-state index in [9.17, 15) is 19.1 Å². The van der Waals surface area contributed by atoms with Crippen LogP contribution in [0.1, 0.15) is 5.56 Å². The van der Waals surface area contributed by atoms with Gasteiger partial charge in [0.25, 0.3) is 5.56 Å². The lowest BCUT2D eigenvalue weighted by molar-refractivity contribution is -0.136. The normalized spacial score (nSPS) is 10.4. The Kier molecular flexibility index (Phi) is 3.28. The molecule has 3 N–H and O–H groups in total. The number of aliphatic carboxylic acids is 1. The van der Waals surface area contributed by atoms with Crippen molar-refractivity contribution in [2.24, 2.45) is 0 Å². The first-order chi connectivity index (χ1) is 8.97. The van der Waals surface area contributed by atoms with Crippen molar-refractivity contribution >= 4 is 5.97 Å². The zero-order valence-corrected chi connectivity index (χ0v) is 9.55. The van der Waals surface area contributed by atoms with Gasteiger partial charge in [-0.1, -0.05) is 0 Å². The monoisotopic (exact) mass is 264 g/mol. The molecule has 1 aromatic heterocycles. The van der Waals surface area contributed by atoms with Gasteiger partial charge in [0, 0.05) is 5.56 Å². The van der Waals surface area contributed by atoms with E-state index in [0.717, 1.165) is 0 Å². The lowest BCUT2D eigenvalue weighted by Gasteiger charge is -2.04. The van der Waals surface area contributed by atoms with Crippen LogP contribution in [0.3, 0.4) is 0 Å². The van der Waals surface area contributed by atoms with Gasteiger partial charge < -0.3 is 15.2 Å². The van der Waals surface area contributed by atoms with Crippen molar-refractivity contribution in [3.05, 3.63) is 46.0 Å². The van der Waals surface area contributed by atoms with Crippen LogP contribution in [0.4, 0.5) is 4.39 Å². The third kappa shape index (κ3) is 2.76. The molecule has 7 heteroatoms. The highest BCUT2D eigenvalue weighted by Crippen LogP contribution is 2.18. The zero-order valence-electron chi connectivity index (χ0n) is 9.55. The van der Waals surface area contributed by atoms with E-state index < -0.39 is 29.6 Å². The maximum absolute atomic E-state index is 12.8. The largest absolute Gasteiger partial charge is 0.493 e. The molecule has 98 valence electrons. The Labute approximate surface area is 106 Å².